The average Bonchev–Trinajstić information content (AvgIpc) is 2.38. The van der Waals surface area contributed by atoms with E-state index in [0.717, 1.165) is 25.8 Å². The van der Waals surface area contributed by atoms with Crippen molar-refractivity contribution >= 4 is 5.69 Å². The van der Waals surface area contributed by atoms with Gasteiger partial charge >= 0.3 is 0 Å². The van der Waals surface area contributed by atoms with Crippen molar-refractivity contribution in [1.82, 2.24) is 5.32 Å². The van der Waals surface area contributed by atoms with Gasteiger partial charge < -0.3 is 10.2 Å². The molecule has 1 aromatic rings. The summed E-state index contributed by atoms with van der Waals surface area (Å²) in [6, 6.07) is 4.67. The normalized spacial score (nSPS) is 23.7. The smallest absolute Gasteiger partial charge is 0.149 e. The quantitative estimate of drug-likeness (QED) is 0.901. The number of para-hydroxylation sites is 1. The van der Waals surface area contributed by atoms with Crippen molar-refractivity contribution < 1.29 is 8.78 Å². The standard InChI is InChI=1S/C15H22F2N2/c1-3-8-18-12-7-9-19(11(2)10-12)15-13(16)5-4-6-14(15)17/h4-6,11-12,18H,3,7-10H2,1-2H3. The molecule has 2 rings (SSSR count). The van der Waals surface area contributed by atoms with Gasteiger partial charge in [0.1, 0.15) is 17.3 Å². The van der Waals surface area contributed by atoms with E-state index in [2.05, 4.69) is 12.2 Å². The van der Waals surface area contributed by atoms with Gasteiger partial charge in [-0.25, -0.2) is 8.78 Å². The van der Waals surface area contributed by atoms with Gasteiger partial charge in [0.15, 0.2) is 0 Å². The average molecular weight is 268 g/mol. The van der Waals surface area contributed by atoms with E-state index in [9.17, 15) is 8.78 Å². The van der Waals surface area contributed by atoms with Crippen LogP contribution in [0.15, 0.2) is 18.2 Å². The van der Waals surface area contributed by atoms with Gasteiger partial charge in [-0.1, -0.05) is 13.0 Å². The molecule has 0 radical (unpaired) electrons. The molecule has 106 valence electrons. The Labute approximate surface area is 113 Å². The molecule has 1 saturated heterocycles. The van der Waals surface area contributed by atoms with Gasteiger partial charge in [-0.2, -0.15) is 0 Å². The first-order valence-corrected chi connectivity index (χ1v) is 7.07. The van der Waals surface area contributed by atoms with Crippen molar-refractivity contribution in [2.75, 3.05) is 18.0 Å². The number of hydrogen-bond donors (Lipinski definition) is 1. The zero-order chi connectivity index (χ0) is 13.8. The molecule has 1 aromatic carbocycles. The summed E-state index contributed by atoms with van der Waals surface area (Å²) in [4.78, 5) is 1.86. The molecule has 2 unspecified atom stereocenters. The summed E-state index contributed by atoms with van der Waals surface area (Å²) in [5, 5.41) is 3.49. The van der Waals surface area contributed by atoms with E-state index >= 15 is 0 Å². The lowest BCUT2D eigenvalue weighted by Crippen LogP contribution is -2.48. The van der Waals surface area contributed by atoms with Crippen LogP contribution in [0, 0.1) is 11.6 Å². The molecular weight excluding hydrogens is 246 g/mol. The number of nitrogens with one attached hydrogen (secondary N) is 1. The molecule has 1 aliphatic heterocycles. The Morgan fingerprint density at radius 1 is 1.32 bits per heavy atom. The molecule has 0 spiro atoms. The first-order valence-electron chi connectivity index (χ1n) is 7.07. The van der Waals surface area contributed by atoms with Crippen LogP contribution < -0.4 is 10.2 Å². The Kier molecular flexibility index (Phi) is 4.75. The summed E-state index contributed by atoms with van der Waals surface area (Å²) in [6.45, 7) is 5.87. The van der Waals surface area contributed by atoms with E-state index in [1.165, 1.54) is 18.2 Å². The highest BCUT2D eigenvalue weighted by molar-refractivity contribution is 5.50. The second-order valence-electron chi connectivity index (χ2n) is 5.29. The summed E-state index contributed by atoms with van der Waals surface area (Å²) < 4.78 is 27.6. The Balaban J connectivity index is 2.07. The zero-order valence-electron chi connectivity index (χ0n) is 11.6. The van der Waals surface area contributed by atoms with Gasteiger partial charge in [-0.3, -0.25) is 0 Å². The number of rotatable bonds is 4. The molecule has 0 aliphatic carbocycles. The van der Waals surface area contributed by atoms with Gasteiger partial charge in [0.25, 0.3) is 0 Å². The fourth-order valence-corrected chi connectivity index (χ4v) is 2.80. The number of benzene rings is 1. The Morgan fingerprint density at radius 3 is 2.58 bits per heavy atom. The summed E-state index contributed by atoms with van der Waals surface area (Å²) in [5.41, 5.74) is 0.129. The molecule has 0 saturated carbocycles. The molecule has 4 heteroatoms. The molecule has 1 N–H and O–H groups in total. The highest BCUT2D eigenvalue weighted by atomic mass is 19.1. The maximum Gasteiger partial charge on any atom is 0.149 e. The van der Waals surface area contributed by atoms with Crippen LogP contribution in [0.4, 0.5) is 14.5 Å². The van der Waals surface area contributed by atoms with Crippen LogP contribution in [-0.4, -0.2) is 25.2 Å². The highest BCUT2D eigenvalue weighted by Crippen LogP contribution is 2.29. The third kappa shape index (κ3) is 3.24. The fraction of sp³-hybridized carbons (Fsp3) is 0.600. The van der Waals surface area contributed by atoms with Gasteiger partial charge in [0, 0.05) is 18.6 Å². The SMILES string of the molecule is CCCNC1CCN(c2c(F)cccc2F)C(C)C1. The Hall–Kier alpha value is -1.16. The van der Waals surface area contributed by atoms with Crippen LogP contribution >= 0.6 is 0 Å². The largest absolute Gasteiger partial charge is 0.364 e. The number of piperidine rings is 1. The number of nitrogens with zero attached hydrogens (tertiary/aromatic N) is 1. The second-order valence-corrected chi connectivity index (χ2v) is 5.29. The minimum absolute atomic E-state index is 0.129. The molecular formula is C15H22F2N2. The van der Waals surface area contributed by atoms with Gasteiger partial charge in [0.05, 0.1) is 0 Å². The van der Waals surface area contributed by atoms with Crippen molar-refractivity contribution in [2.45, 2.75) is 45.2 Å². The number of hydrogen-bond acceptors (Lipinski definition) is 2. The summed E-state index contributed by atoms with van der Waals surface area (Å²) >= 11 is 0. The van der Waals surface area contributed by atoms with E-state index in [1.54, 1.807) is 0 Å². The predicted molar refractivity (Wildman–Crippen MR) is 74.5 cm³/mol. The second kappa shape index (κ2) is 6.33. The lowest BCUT2D eigenvalue weighted by Gasteiger charge is -2.39. The summed E-state index contributed by atoms with van der Waals surface area (Å²) in [5.74, 6) is -0.932. The first kappa shape index (κ1) is 14.3. The van der Waals surface area contributed by atoms with E-state index in [4.69, 9.17) is 0 Å². The van der Waals surface area contributed by atoms with Crippen molar-refractivity contribution in [2.24, 2.45) is 0 Å². The maximum absolute atomic E-state index is 13.8. The lowest BCUT2D eigenvalue weighted by atomic mass is 9.97. The van der Waals surface area contributed by atoms with Gasteiger partial charge in [0.2, 0.25) is 0 Å². The molecule has 19 heavy (non-hydrogen) atoms. The van der Waals surface area contributed by atoms with Crippen LogP contribution in [0.1, 0.15) is 33.1 Å². The Morgan fingerprint density at radius 2 is 2.00 bits per heavy atom. The van der Waals surface area contributed by atoms with Crippen molar-refractivity contribution in [3.8, 4) is 0 Å². The van der Waals surface area contributed by atoms with E-state index in [-0.39, 0.29) is 11.7 Å². The summed E-state index contributed by atoms with van der Waals surface area (Å²) in [7, 11) is 0. The minimum atomic E-state index is -0.466. The molecule has 1 aliphatic rings. The van der Waals surface area contributed by atoms with Crippen molar-refractivity contribution in [3.05, 3.63) is 29.8 Å². The molecule has 1 fully saturated rings. The van der Waals surface area contributed by atoms with E-state index in [1.807, 2.05) is 11.8 Å². The Bertz CT molecular complexity index is 402. The molecule has 2 nitrogen and oxygen atoms in total. The van der Waals surface area contributed by atoms with Crippen LogP contribution in [0.2, 0.25) is 0 Å². The van der Waals surface area contributed by atoms with Gasteiger partial charge in [-0.15, -0.1) is 0 Å². The molecule has 2 atom stereocenters. The lowest BCUT2D eigenvalue weighted by molar-refractivity contribution is 0.363. The van der Waals surface area contributed by atoms with Crippen molar-refractivity contribution in [3.63, 3.8) is 0 Å². The van der Waals surface area contributed by atoms with E-state index < -0.39 is 11.6 Å². The first-order chi connectivity index (χ1) is 9.13. The molecule has 0 bridgehead atoms. The van der Waals surface area contributed by atoms with Crippen LogP contribution in [0.25, 0.3) is 0 Å². The number of anilines is 1. The third-order valence-electron chi connectivity index (χ3n) is 3.78. The van der Waals surface area contributed by atoms with Crippen LogP contribution in [-0.2, 0) is 0 Å². The molecule has 0 amide bonds. The predicted octanol–water partition coefficient (Wildman–Crippen LogP) is 3.32. The maximum atomic E-state index is 13.8. The third-order valence-corrected chi connectivity index (χ3v) is 3.78. The van der Waals surface area contributed by atoms with E-state index in [0.29, 0.717) is 12.6 Å². The van der Waals surface area contributed by atoms with Crippen LogP contribution in [0.3, 0.4) is 0 Å². The molecule has 1 heterocycles. The topological polar surface area (TPSA) is 15.3 Å². The number of halogens is 2. The highest BCUT2D eigenvalue weighted by Gasteiger charge is 2.28. The van der Waals surface area contributed by atoms with Gasteiger partial charge in [-0.05, 0) is 44.9 Å². The zero-order valence-corrected chi connectivity index (χ0v) is 11.6. The monoisotopic (exact) mass is 268 g/mol. The van der Waals surface area contributed by atoms with Crippen LogP contribution in [0.5, 0.6) is 0 Å². The fourth-order valence-electron chi connectivity index (χ4n) is 2.80. The molecule has 0 aromatic heterocycles. The van der Waals surface area contributed by atoms with Crippen molar-refractivity contribution in [1.29, 1.82) is 0 Å². The summed E-state index contributed by atoms with van der Waals surface area (Å²) in [6.07, 6.45) is 2.96. The minimum Gasteiger partial charge on any atom is -0.364 e.